The first-order chi connectivity index (χ1) is 9.25. The first-order valence-corrected chi connectivity index (χ1v) is 8.40. The predicted molar refractivity (Wildman–Crippen MR) is 70.5 cm³/mol. The fraction of sp³-hybridized carbons (Fsp3) is 0.400. The fourth-order valence-electron chi connectivity index (χ4n) is 1.14. The number of nitriles is 2. The Hall–Kier alpha value is -2.22. The third kappa shape index (κ3) is 4.81. The van der Waals surface area contributed by atoms with Crippen molar-refractivity contribution in [2.75, 3.05) is 11.5 Å². The smallest absolute Gasteiger partial charge is 0.204 e. The predicted octanol–water partition coefficient (Wildman–Crippen LogP) is -0.0919. The van der Waals surface area contributed by atoms with Crippen molar-refractivity contribution >= 4 is 31.4 Å². The summed E-state index contributed by atoms with van der Waals surface area (Å²) in [6.45, 7) is 0. The zero-order valence-corrected chi connectivity index (χ0v) is 11.8. The van der Waals surface area contributed by atoms with Gasteiger partial charge in [-0.25, -0.2) is 16.8 Å². The Kier molecular flexibility index (Phi) is 6.57. The lowest BCUT2D eigenvalue weighted by molar-refractivity contribution is 0.593. The summed E-state index contributed by atoms with van der Waals surface area (Å²) >= 11 is 0. The average molecular weight is 314 g/mol. The summed E-state index contributed by atoms with van der Waals surface area (Å²) in [5.41, 5.74) is 0. The van der Waals surface area contributed by atoms with E-state index in [9.17, 15) is 16.8 Å². The molecule has 0 unspecified atom stereocenters. The average Bonchev–Trinajstić information content (AvgIpc) is 2.37. The Morgan fingerprint density at radius 2 is 1.10 bits per heavy atom. The van der Waals surface area contributed by atoms with E-state index in [1.165, 1.54) is 23.9 Å². The molecule has 0 radical (unpaired) electrons. The van der Waals surface area contributed by atoms with Gasteiger partial charge in [0.05, 0.1) is 11.5 Å². The summed E-state index contributed by atoms with van der Waals surface area (Å²) in [5, 5.41) is 30.2. The van der Waals surface area contributed by atoms with Crippen LogP contribution in [0, 0.1) is 33.5 Å². The number of nitrogens with one attached hydrogen (secondary N) is 2. The molecule has 20 heavy (non-hydrogen) atoms. The van der Waals surface area contributed by atoms with E-state index in [0.29, 0.717) is 0 Å². The first kappa shape index (κ1) is 17.8. The molecular formula is C10H10N4O4S2. The lowest BCUT2D eigenvalue weighted by Crippen LogP contribution is -2.12. The molecule has 0 aromatic heterocycles. The molecule has 0 heterocycles. The molecule has 0 aromatic carbocycles. The van der Waals surface area contributed by atoms with Crippen LogP contribution >= 0.6 is 0 Å². The van der Waals surface area contributed by atoms with E-state index < -0.39 is 41.0 Å². The van der Waals surface area contributed by atoms with Gasteiger partial charge < -0.3 is 0 Å². The molecule has 0 spiro atoms. The molecule has 0 saturated heterocycles. The van der Waals surface area contributed by atoms with E-state index in [0.717, 1.165) is 0 Å². The van der Waals surface area contributed by atoms with Crippen LogP contribution in [-0.4, -0.2) is 40.1 Å². The highest BCUT2D eigenvalue weighted by molar-refractivity contribution is 7.96. The Balaban J connectivity index is 4.67. The minimum atomic E-state index is -3.93. The van der Waals surface area contributed by atoms with E-state index in [-0.39, 0.29) is 12.8 Å². The van der Waals surface area contributed by atoms with Crippen molar-refractivity contribution in [2.24, 2.45) is 0 Å². The largest absolute Gasteiger partial charge is 0.257 e. The molecule has 8 nitrogen and oxygen atoms in total. The van der Waals surface area contributed by atoms with Crippen LogP contribution in [0.3, 0.4) is 0 Å². The van der Waals surface area contributed by atoms with Gasteiger partial charge in [0.15, 0.2) is 19.7 Å². The van der Waals surface area contributed by atoms with Crippen molar-refractivity contribution < 1.29 is 16.8 Å². The van der Waals surface area contributed by atoms with Crippen molar-refractivity contribution in [2.45, 2.75) is 12.8 Å². The van der Waals surface area contributed by atoms with Crippen LogP contribution in [0.4, 0.5) is 0 Å². The molecule has 0 aliphatic rings. The van der Waals surface area contributed by atoms with Crippen LogP contribution in [0.5, 0.6) is 0 Å². The standard InChI is InChI=1S/C10H10N4O4S2/c11-5-9(6-12)19(15,16)3-1-2-4-20(17,18)10(7-13)8-14/h11,13H,1-4H2. The van der Waals surface area contributed by atoms with Crippen molar-refractivity contribution in [1.29, 1.82) is 21.3 Å². The Bertz CT molecular complexity index is 700. The second-order valence-electron chi connectivity index (χ2n) is 3.48. The van der Waals surface area contributed by atoms with E-state index in [1.807, 2.05) is 0 Å². The third-order valence-electron chi connectivity index (χ3n) is 2.13. The maximum absolute atomic E-state index is 11.5. The highest BCUT2D eigenvalue weighted by Crippen LogP contribution is 2.09. The summed E-state index contributed by atoms with van der Waals surface area (Å²) < 4.78 is 45.9. The van der Waals surface area contributed by atoms with Crippen molar-refractivity contribution in [3.63, 3.8) is 0 Å². The normalized spacial score (nSPS) is 10.5. The van der Waals surface area contributed by atoms with E-state index in [1.54, 1.807) is 0 Å². The fourth-order valence-corrected chi connectivity index (χ4v) is 3.30. The maximum Gasteiger partial charge on any atom is 0.204 e. The van der Waals surface area contributed by atoms with Gasteiger partial charge in [-0.3, -0.25) is 10.8 Å². The molecule has 0 aromatic rings. The van der Waals surface area contributed by atoms with Gasteiger partial charge in [0.1, 0.15) is 12.1 Å². The number of sulfone groups is 2. The minimum absolute atomic E-state index is 0.0644. The van der Waals surface area contributed by atoms with Gasteiger partial charge in [-0.1, -0.05) is 0 Å². The number of unbranched alkanes of at least 4 members (excludes halogenated alkanes) is 1. The molecule has 0 rings (SSSR count). The molecule has 106 valence electrons. The molecule has 0 aliphatic carbocycles. The molecule has 0 bridgehead atoms. The summed E-state index contributed by atoms with van der Waals surface area (Å²) in [4.78, 5) is -1.62. The summed E-state index contributed by atoms with van der Waals surface area (Å²) in [5.74, 6) is 2.02. The Morgan fingerprint density at radius 3 is 1.30 bits per heavy atom. The Labute approximate surface area is 116 Å². The van der Waals surface area contributed by atoms with Gasteiger partial charge >= 0.3 is 0 Å². The highest BCUT2D eigenvalue weighted by Gasteiger charge is 2.20. The van der Waals surface area contributed by atoms with Gasteiger partial charge in [0, 0.05) is 11.7 Å². The molecule has 0 saturated carbocycles. The quantitative estimate of drug-likeness (QED) is 0.378. The van der Waals surface area contributed by atoms with Crippen molar-refractivity contribution in [3.05, 3.63) is 9.81 Å². The number of rotatable bonds is 7. The number of hydrogen-bond donors (Lipinski definition) is 2. The van der Waals surface area contributed by atoms with Gasteiger partial charge in [-0.05, 0) is 12.8 Å². The number of hydrogen-bond acceptors (Lipinski definition) is 8. The number of allylic oxidation sites excluding steroid dienone is 2. The van der Waals surface area contributed by atoms with Crippen LogP contribution in [0.2, 0.25) is 0 Å². The zero-order valence-electron chi connectivity index (χ0n) is 10.2. The molecule has 0 atom stereocenters. The lowest BCUT2D eigenvalue weighted by Gasteiger charge is -2.01. The van der Waals surface area contributed by atoms with Gasteiger partial charge in [0.25, 0.3) is 0 Å². The van der Waals surface area contributed by atoms with Gasteiger partial charge in [-0.2, -0.15) is 10.5 Å². The van der Waals surface area contributed by atoms with E-state index in [2.05, 4.69) is 0 Å². The van der Waals surface area contributed by atoms with Crippen LogP contribution in [0.1, 0.15) is 12.8 Å². The van der Waals surface area contributed by atoms with Crippen LogP contribution in [-0.2, 0) is 19.7 Å². The number of nitrogens with zero attached hydrogens (tertiary/aromatic N) is 2. The molecule has 10 heteroatoms. The van der Waals surface area contributed by atoms with E-state index >= 15 is 0 Å². The molecule has 0 aliphatic heterocycles. The third-order valence-corrected chi connectivity index (χ3v) is 5.41. The maximum atomic E-state index is 11.5. The lowest BCUT2D eigenvalue weighted by atomic mass is 10.4. The van der Waals surface area contributed by atoms with Gasteiger partial charge in [-0.15, -0.1) is 0 Å². The molecule has 0 amide bonds. The molecule has 0 fully saturated rings. The van der Waals surface area contributed by atoms with Crippen molar-refractivity contribution in [3.8, 4) is 12.1 Å². The van der Waals surface area contributed by atoms with E-state index in [4.69, 9.17) is 21.3 Å². The van der Waals surface area contributed by atoms with Crippen molar-refractivity contribution in [1.82, 2.24) is 0 Å². The molecule has 2 N–H and O–H groups in total. The first-order valence-electron chi connectivity index (χ1n) is 5.10. The second kappa shape index (κ2) is 7.39. The minimum Gasteiger partial charge on any atom is -0.257 e. The SMILES string of the molecule is N#CC(=C=N)S(=O)(=O)CCCCS(=O)(=O)C(=C=N)C#N. The summed E-state index contributed by atoms with van der Waals surface area (Å²) in [7, 11) is -7.87. The Morgan fingerprint density at radius 1 is 0.800 bits per heavy atom. The summed E-state index contributed by atoms with van der Waals surface area (Å²) in [6.07, 6.45) is -0.129. The summed E-state index contributed by atoms with van der Waals surface area (Å²) in [6, 6.07) is 2.63. The topological polar surface area (TPSA) is 164 Å². The van der Waals surface area contributed by atoms with Crippen LogP contribution in [0.15, 0.2) is 9.81 Å². The highest BCUT2D eigenvalue weighted by atomic mass is 32.2. The van der Waals surface area contributed by atoms with Gasteiger partial charge in [0.2, 0.25) is 9.81 Å². The van der Waals surface area contributed by atoms with Crippen LogP contribution in [0.25, 0.3) is 0 Å². The second-order valence-corrected chi connectivity index (χ2v) is 7.57. The van der Waals surface area contributed by atoms with Crippen LogP contribution < -0.4 is 0 Å². The monoisotopic (exact) mass is 314 g/mol. The molecular weight excluding hydrogens is 304 g/mol. The zero-order chi connectivity index (χ0) is 15.8.